The average molecular weight is 447 g/mol. The first kappa shape index (κ1) is 18.2. The minimum absolute atomic E-state index is 1.03. The maximum Gasteiger partial charge on any atom is 0.0807 e. The van der Waals surface area contributed by atoms with Crippen LogP contribution >= 0.6 is 6.04 Å². The summed E-state index contributed by atoms with van der Waals surface area (Å²) in [6.45, 7) is 0. The van der Waals surface area contributed by atoms with Crippen molar-refractivity contribution in [3.8, 4) is 11.1 Å². The summed E-state index contributed by atoms with van der Waals surface area (Å²) in [5.41, 5.74) is 4.61. The Morgan fingerprint density at radius 3 is 2.09 bits per heavy atom. The van der Waals surface area contributed by atoms with Crippen molar-refractivity contribution in [3.63, 3.8) is 0 Å². The van der Waals surface area contributed by atoms with Crippen LogP contribution < -0.4 is 21.8 Å². The van der Waals surface area contributed by atoms with E-state index in [1.165, 1.54) is 48.6 Å². The summed E-state index contributed by atoms with van der Waals surface area (Å²) >= 11 is 6.74. The molecule has 32 heavy (non-hydrogen) atoms. The van der Waals surface area contributed by atoms with Gasteiger partial charge in [0.1, 0.15) is 0 Å². The Kier molecular flexibility index (Phi) is 3.60. The Bertz CT molecular complexity index is 1770. The number of nitrogens with two attached hydrogens (primary N) is 1. The number of rotatable bonds is 1. The maximum atomic E-state index is 6.86. The fourth-order valence-electron chi connectivity index (χ4n) is 5.50. The predicted molar refractivity (Wildman–Crippen MR) is 142 cm³/mol. The van der Waals surface area contributed by atoms with Crippen molar-refractivity contribution in [2.45, 2.75) is 0 Å². The molecule has 2 N–H and O–H groups in total. The molecule has 0 aliphatic carbocycles. The Labute approximate surface area is 190 Å². The number of hydrogen-bond acceptors (Lipinski definition) is 2. The van der Waals surface area contributed by atoms with Crippen LogP contribution in [-0.2, 0) is 11.8 Å². The normalized spacial score (nSPS) is 17.1. The number of fused-ring (bicyclic) bond motifs is 10. The second-order valence-corrected chi connectivity index (χ2v) is 12.6. The lowest BCUT2D eigenvalue weighted by Gasteiger charge is -2.22. The molecule has 0 fully saturated rings. The number of aromatic nitrogens is 1. The summed E-state index contributed by atoms with van der Waals surface area (Å²) in [7, 11) is 0. The van der Waals surface area contributed by atoms with Crippen LogP contribution in [0.15, 0.2) is 103 Å². The molecule has 0 amide bonds. The third-order valence-electron chi connectivity index (χ3n) is 6.78. The molecule has 6 aromatic rings. The van der Waals surface area contributed by atoms with Crippen LogP contribution in [0.4, 0.5) is 0 Å². The molecule has 0 saturated heterocycles. The number of para-hydroxylation sites is 1. The van der Waals surface area contributed by atoms with Crippen molar-refractivity contribution in [2.75, 3.05) is 5.84 Å². The summed E-state index contributed by atoms with van der Waals surface area (Å²) in [5.74, 6) is 6.86. The lowest BCUT2D eigenvalue weighted by molar-refractivity contribution is 1.12. The van der Waals surface area contributed by atoms with Gasteiger partial charge in [0, 0.05) is 33.0 Å². The van der Waals surface area contributed by atoms with E-state index in [0.717, 1.165) is 11.0 Å². The highest BCUT2D eigenvalue weighted by Crippen LogP contribution is 2.56. The predicted octanol–water partition coefficient (Wildman–Crippen LogP) is 5.40. The molecule has 1 unspecified atom stereocenters. The van der Waals surface area contributed by atoms with E-state index in [1.807, 2.05) is 4.68 Å². The Morgan fingerprint density at radius 2 is 1.28 bits per heavy atom. The topological polar surface area (TPSA) is 30.9 Å². The van der Waals surface area contributed by atoms with Crippen LogP contribution in [0.2, 0.25) is 0 Å². The summed E-state index contributed by atoms with van der Waals surface area (Å²) in [6, 6.07) is 34.2. The molecule has 2 heterocycles. The van der Waals surface area contributed by atoms with Crippen molar-refractivity contribution < 1.29 is 0 Å². The lowest BCUT2D eigenvalue weighted by atomic mass is 9.95. The third kappa shape index (κ3) is 2.08. The fourth-order valence-corrected chi connectivity index (χ4v) is 10.1. The highest BCUT2D eigenvalue weighted by Gasteiger charge is 2.40. The van der Waals surface area contributed by atoms with Crippen LogP contribution in [0.3, 0.4) is 0 Å². The maximum absolute atomic E-state index is 6.86. The molecule has 0 bridgehead atoms. The van der Waals surface area contributed by atoms with Crippen LogP contribution in [0.1, 0.15) is 0 Å². The van der Waals surface area contributed by atoms with E-state index in [0.29, 0.717) is 0 Å². The van der Waals surface area contributed by atoms with Crippen molar-refractivity contribution in [1.29, 1.82) is 0 Å². The van der Waals surface area contributed by atoms with Gasteiger partial charge in [-0.25, -0.2) is 0 Å². The van der Waals surface area contributed by atoms with Crippen molar-refractivity contribution >= 4 is 66.3 Å². The summed E-state index contributed by atoms with van der Waals surface area (Å²) in [4.78, 5) is 0. The molecule has 0 spiro atoms. The standard InChI is InChI=1S/C28H19N2PS/c29-30-23-16-8-6-14-21(23)25-19-12-4-5-13-20(19)26-22-15-7-9-17-24(22)31(32,28(26)27(25)30)18-10-2-1-3-11-18/h1-17H,29H2. The first-order valence-corrected chi connectivity index (χ1v) is 13.5. The highest BCUT2D eigenvalue weighted by molar-refractivity contribution is 8.26. The minimum atomic E-state index is -2.30. The molecule has 7 rings (SSSR count). The molecule has 152 valence electrons. The summed E-state index contributed by atoms with van der Waals surface area (Å²) < 4.78 is 1.88. The zero-order valence-corrected chi connectivity index (χ0v) is 18.9. The van der Waals surface area contributed by atoms with Crippen molar-refractivity contribution in [2.24, 2.45) is 0 Å². The van der Waals surface area contributed by atoms with Gasteiger partial charge < -0.3 is 5.84 Å². The van der Waals surface area contributed by atoms with Crippen LogP contribution in [0.25, 0.3) is 43.7 Å². The Morgan fingerprint density at radius 1 is 0.656 bits per heavy atom. The highest BCUT2D eigenvalue weighted by atomic mass is 32.4. The average Bonchev–Trinajstić information content (AvgIpc) is 3.30. The van der Waals surface area contributed by atoms with Gasteiger partial charge in [-0.2, -0.15) is 0 Å². The zero-order chi connectivity index (χ0) is 21.4. The molecule has 1 atom stereocenters. The van der Waals surface area contributed by atoms with Gasteiger partial charge in [0.05, 0.1) is 11.0 Å². The number of benzene rings is 5. The molecule has 1 aliphatic heterocycles. The van der Waals surface area contributed by atoms with Gasteiger partial charge in [-0.1, -0.05) is 109 Å². The zero-order valence-electron chi connectivity index (χ0n) is 17.2. The molecule has 2 nitrogen and oxygen atoms in total. The number of hydrogen-bond donors (Lipinski definition) is 1. The quantitative estimate of drug-likeness (QED) is 0.271. The summed E-state index contributed by atoms with van der Waals surface area (Å²) in [5, 5.41) is 8.56. The first-order valence-electron chi connectivity index (χ1n) is 10.7. The molecule has 0 radical (unpaired) electrons. The molecule has 4 heteroatoms. The number of nitrogens with zero attached hydrogens (tertiary/aromatic N) is 1. The molecular weight excluding hydrogens is 427 g/mol. The van der Waals surface area contributed by atoms with Gasteiger partial charge in [-0.15, -0.1) is 0 Å². The van der Waals surface area contributed by atoms with Crippen LogP contribution in [-0.4, -0.2) is 4.68 Å². The van der Waals surface area contributed by atoms with Crippen molar-refractivity contribution in [3.05, 3.63) is 103 Å². The van der Waals surface area contributed by atoms with E-state index < -0.39 is 6.04 Å². The van der Waals surface area contributed by atoms with E-state index in [-0.39, 0.29) is 0 Å². The van der Waals surface area contributed by atoms with E-state index in [9.17, 15) is 0 Å². The molecule has 1 aromatic heterocycles. The second-order valence-electron chi connectivity index (χ2n) is 8.34. The Balaban J connectivity index is 1.84. The SMILES string of the molecule is Nn1c2ccccc2c2c3ccccc3c3c(c21)P(=S)(c1ccccc1)c1ccccc1-3. The van der Waals surface area contributed by atoms with Gasteiger partial charge >= 0.3 is 0 Å². The van der Waals surface area contributed by atoms with Crippen LogP contribution in [0, 0.1) is 0 Å². The smallest absolute Gasteiger partial charge is 0.0807 e. The van der Waals surface area contributed by atoms with Gasteiger partial charge in [0.15, 0.2) is 0 Å². The van der Waals surface area contributed by atoms with Gasteiger partial charge in [0.2, 0.25) is 0 Å². The first-order chi connectivity index (χ1) is 15.7. The van der Waals surface area contributed by atoms with E-state index in [4.69, 9.17) is 17.6 Å². The fraction of sp³-hybridized carbons (Fsp3) is 0. The van der Waals surface area contributed by atoms with Gasteiger partial charge in [-0.3, -0.25) is 4.68 Å². The van der Waals surface area contributed by atoms with E-state index >= 15 is 0 Å². The monoisotopic (exact) mass is 446 g/mol. The second kappa shape index (κ2) is 6.32. The third-order valence-corrected chi connectivity index (χ3v) is 11.7. The molecule has 5 aromatic carbocycles. The Hall–Kier alpha value is -3.39. The summed E-state index contributed by atoms with van der Waals surface area (Å²) in [6.07, 6.45) is 0. The molecule has 1 aliphatic rings. The van der Waals surface area contributed by atoms with Gasteiger partial charge in [-0.05, 0) is 27.7 Å². The largest absolute Gasteiger partial charge is 0.339 e. The van der Waals surface area contributed by atoms with E-state index in [1.54, 1.807) is 0 Å². The van der Waals surface area contributed by atoms with Gasteiger partial charge in [0.25, 0.3) is 0 Å². The molecular formula is C28H19N2PS. The number of nitrogen functional groups attached to an aromatic ring is 1. The van der Waals surface area contributed by atoms with E-state index in [2.05, 4.69) is 103 Å². The minimum Gasteiger partial charge on any atom is -0.339 e. The lowest BCUT2D eigenvalue weighted by Crippen LogP contribution is -2.23. The van der Waals surface area contributed by atoms with Crippen molar-refractivity contribution in [1.82, 2.24) is 4.68 Å². The molecule has 0 saturated carbocycles. The van der Waals surface area contributed by atoms with Crippen LogP contribution in [0.5, 0.6) is 0 Å².